The van der Waals surface area contributed by atoms with Crippen LogP contribution >= 0.6 is 0 Å². The van der Waals surface area contributed by atoms with Crippen LogP contribution in [0.4, 0.5) is 18.0 Å². The largest absolute Gasteiger partial charge is 0.573 e. The van der Waals surface area contributed by atoms with E-state index in [-0.39, 0.29) is 17.9 Å². The van der Waals surface area contributed by atoms with Gasteiger partial charge in [-0.15, -0.1) is 13.2 Å². The number of carbonyl (C=O) groups excluding carboxylic acids is 1. The second kappa shape index (κ2) is 9.58. The first-order valence-electron chi connectivity index (χ1n) is 10.2. The Morgan fingerprint density at radius 3 is 2.00 bits per heavy atom. The van der Waals surface area contributed by atoms with Gasteiger partial charge in [0.2, 0.25) is 0 Å². The second-order valence-electron chi connectivity index (χ2n) is 8.37. The summed E-state index contributed by atoms with van der Waals surface area (Å²) in [5, 5.41) is 0. The molecule has 1 aliphatic heterocycles. The molecule has 0 unspecified atom stereocenters. The van der Waals surface area contributed by atoms with Crippen molar-refractivity contribution in [3.63, 3.8) is 0 Å². The molecule has 0 bridgehead atoms. The zero-order chi connectivity index (χ0) is 23.4. The van der Waals surface area contributed by atoms with Gasteiger partial charge in [-0.2, -0.15) is 0 Å². The number of benzene rings is 2. The molecule has 174 valence electrons. The summed E-state index contributed by atoms with van der Waals surface area (Å²) in [6.45, 7) is 6.49. The number of hydrogen-bond acceptors (Lipinski definition) is 5. The van der Waals surface area contributed by atoms with E-state index in [2.05, 4.69) is 4.74 Å². The van der Waals surface area contributed by atoms with E-state index in [1.165, 1.54) is 24.3 Å². The van der Waals surface area contributed by atoms with Gasteiger partial charge in [0.15, 0.2) is 0 Å². The zero-order valence-electron chi connectivity index (χ0n) is 18.1. The molecule has 1 atom stereocenters. The lowest BCUT2D eigenvalue weighted by Crippen LogP contribution is -2.42. The predicted octanol–water partition coefficient (Wildman–Crippen LogP) is 6.16. The molecule has 6 nitrogen and oxygen atoms in total. The molecule has 1 amide bonds. The summed E-state index contributed by atoms with van der Waals surface area (Å²) < 4.78 is 57.4. The maximum absolute atomic E-state index is 12.4. The van der Waals surface area contributed by atoms with Gasteiger partial charge in [-0.3, -0.25) is 0 Å². The Hall–Kier alpha value is -3.10. The molecule has 0 aromatic heterocycles. The Morgan fingerprint density at radius 2 is 1.47 bits per heavy atom. The number of amides is 1. The number of halogens is 3. The first kappa shape index (κ1) is 23.6. The standard InChI is InChI=1S/C23H26F3NO5/c1-22(2,3)32-21(28)27-14-4-5-16(27)15-29-17-6-8-18(9-7-17)30-19-10-12-20(13-11-19)31-23(24,25)26/h6-13,16H,4-5,14-15H2,1-3H3/t16-/m1/s1. The van der Waals surface area contributed by atoms with Crippen molar-refractivity contribution in [2.24, 2.45) is 0 Å². The normalized spacial score (nSPS) is 16.6. The molecule has 3 rings (SSSR count). The van der Waals surface area contributed by atoms with Gasteiger partial charge in [-0.05, 0) is 82.1 Å². The summed E-state index contributed by atoms with van der Waals surface area (Å²) >= 11 is 0. The maximum Gasteiger partial charge on any atom is 0.573 e. The minimum absolute atomic E-state index is 0.0572. The van der Waals surface area contributed by atoms with Crippen molar-refractivity contribution < 1.29 is 36.9 Å². The molecule has 1 heterocycles. The van der Waals surface area contributed by atoms with Crippen LogP contribution in [0.25, 0.3) is 0 Å². The predicted molar refractivity (Wildman–Crippen MR) is 111 cm³/mol. The quantitative estimate of drug-likeness (QED) is 0.525. The molecule has 2 aromatic rings. The monoisotopic (exact) mass is 453 g/mol. The van der Waals surface area contributed by atoms with E-state index in [1.807, 2.05) is 20.8 Å². The van der Waals surface area contributed by atoms with Crippen molar-refractivity contribution >= 4 is 6.09 Å². The first-order valence-corrected chi connectivity index (χ1v) is 10.2. The Labute approximate surface area is 184 Å². The number of likely N-dealkylation sites (tertiary alicyclic amines) is 1. The van der Waals surface area contributed by atoms with Gasteiger partial charge in [-0.25, -0.2) is 4.79 Å². The number of carbonyl (C=O) groups is 1. The average Bonchev–Trinajstić information content (AvgIpc) is 3.15. The van der Waals surface area contributed by atoms with Crippen molar-refractivity contribution in [1.29, 1.82) is 0 Å². The molecular formula is C23H26F3NO5. The van der Waals surface area contributed by atoms with Crippen molar-refractivity contribution in [1.82, 2.24) is 4.90 Å². The molecule has 0 saturated carbocycles. The lowest BCUT2D eigenvalue weighted by atomic mass is 10.2. The maximum atomic E-state index is 12.4. The van der Waals surface area contributed by atoms with Gasteiger partial charge in [0.25, 0.3) is 0 Å². The Morgan fingerprint density at radius 1 is 0.938 bits per heavy atom. The van der Waals surface area contributed by atoms with E-state index < -0.39 is 12.0 Å². The van der Waals surface area contributed by atoms with E-state index >= 15 is 0 Å². The smallest absolute Gasteiger partial charge is 0.491 e. The lowest BCUT2D eigenvalue weighted by Gasteiger charge is -2.28. The van der Waals surface area contributed by atoms with Gasteiger partial charge in [0.1, 0.15) is 35.2 Å². The molecule has 1 aliphatic rings. The van der Waals surface area contributed by atoms with Crippen molar-refractivity contribution in [3.05, 3.63) is 48.5 Å². The van der Waals surface area contributed by atoms with Crippen LogP contribution in [-0.4, -0.2) is 42.2 Å². The van der Waals surface area contributed by atoms with Crippen LogP contribution in [0.3, 0.4) is 0 Å². The molecule has 1 fully saturated rings. The minimum Gasteiger partial charge on any atom is -0.491 e. The molecule has 0 radical (unpaired) electrons. The Bertz CT molecular complexity index is 892. The second-order valence-corrected chi connectivity index (χ2v) is 8.37. The van der Waals surface area contributed by atoms with Crippen molar-refractivity contribution in [2.45, 2.75) is 51.6 Å². The van der Waals surface area contributed by atoms with Gasteiger partial charge < -0.3 is 23.8 Å². The van der Waals surface area contributed by atoms with E-state index in [0.29, 0.717) is 30.4 Å². The third-order valence-electron chi connectivity index (χ3n) is 4.56. The summed E-state index contributed by atoms with van der Waals surface area (Å²) in [6, 6.07) is 11.9. The van der Waals surface area contributed by atoms with Crippen molar-refractivity contribution in [3.8, 4) is 23.0 Å². The van der Waals surface area contributed by atoms with E-state index in [1.54, 1.807) is 29.2 Å². The SMILES string of the molecule is CC(C)(C)OC(=O)N1CCC[C@@H]1COc1ccc(Oc2ccc(OC(F)(F)F)cc2)cc1. The van der Waals surface area contributed by atoms with Gasteiger partial charge in [0, 0.05) is 6.54 Å². The number of alkyl halides is 3. The number of rotatable bonds is 6. The van der Waals surface area contributed by atoms with E-state index in [0.717, 1.165) is 12.8 Å². The summed E-state index contributed by atoms with van der Waals surface area (Å²) in [5.41, 5.74) is -0.549. The molecule has 0 N–H and O–H groups in total. The number of ether oxygens (including phenoxy) is 4. The molecule has 9 heteroatoms. The van der Waals surface area contributed by atoms with E-state index in [4.69, 9.17) is 14.2 Å². The summed E-state index contributed by atoms with van der Waals surface area (Å²) in [5.74, 6) is 1.16. The lowest BCUT2D eigenvalue weighted by molar-refractivity contribution is -0.274. The van der Waals surface area contributed by atoms with Crippen LogP contribution in [0.15, 0.2) is 48.5 Å². The molecule has 32 heavy (non-hydrogen) atoms. The van der Waals surface area contributed by atoms with Gasteiger partial charge in [-0.1, -0.05) is 0 Å². The number of nitrogens with zero attached hydrogens (tertiary/aromatic N) is 1. The summed E-state index contributed by atoms with van der Waals surface area (Å²) in [7, 11) is 0. The average molecular weight is 453 g/mol. The fourth-order valence-electron chi connectivity index (χ4n) is 3.21. The third-order valence-corrected chi connectivity index (χ3v) is 4.56. The van der Waals surface area contributed by atoms with Gasteiger partial charge in [0.05, 0.1) is 6.04 Å². The van der Waals surface area contributed by atoms with Crippen LogP contribution in [0.2, 0.25) is 0 Å². The van der Waals surface area contributed by atoms with Gasteiger partial charge >= 0.3 is 12.5 Å². The fraction of sp³-hybridized carbons (Fsp3) is 0.435. The van der Waals surface area contributed by atoms with Crippen LogP contribution in [-0.2, 0) is 4.74 Å². The minimum atomic E-state index is -4.74. The zero-order valence-corrected chi connectivity index (χ0v) is 18.1. The highest BCUT2D eigenvalue weighted by atomic mass is 19.4. The third kappa shape index (κ3) is 7.25. The highest BCUT2D eigenvalue weighted by Gasteiger charge is 2.33. The highest BCUT2D eigenvalue weighted by molar-refractivity contribution is 5.69. The summed E-state index contributed by atoms with van der Waals surface area (Å²) in [6.07, 6.45) is -3.33. The first-order chi connectivity index (χ1) is 15.0. The molecular weight excluding hydrogens is 427 g/mol. The molecule has 0 aliphatic carbocycles. The topological polar surface area (TPSA) is 57.2 Å². The highest BCUT2D eigenvalue weighted by Crippen LogP contribution is 2.28. The van der Waals surface area contributed by atoms with Crippen LogP contribution in [0.1, 0.15) is 33.6 Å². The molecule has 2 aromatic carbocycles. The Kier molecular flexibility index (Phi) is 7.06. The van der Waals surface area contributed by atoms with Crippen LogP contribution in [0, 0.1) is 0 Å². The van der Waals surface area contributed by atoms with Crippen LogP contribution in [0.5, 0.6) is 23.0 Å². The summed E-state index contributed by atoms with van der Waals surface area (Å²) in [4.78, 5) is 14.1. The van der Waals surface area contributed by atoms with E-state index in [9.17, 15) is 18.0 Å². The van der Waals surface area contributed by atoms with Crippen LogP contribution < -0.4 is 14.2 Å². The number of hydrogen-bond donors (Lipinski definition) is 0. The molecule has 1 saturated heterocycles. The molecule has 0 spiro atoms. The Balaban J connectivity index is 1.51. The fourth-order valence-corrected chi connectivity index (χ4v) is 3.21. The van der Waals surface area contributed by atoms with Crippen molar-refractivity contribution in [2.75, 3.05) is 13.2 Å².